The molecule has 2 nitrogen and oxygen atoms in total. The van der Waals surface area contributed by atoms with E-state index in [1.807, 2.05) is 13.8 Å². The van der Waals surface area contributed by atoms with E-state index >= 15 is 0 Å². The Labute approximate surface area is 112 Å². The molecule has 16 heavy (non-hydrogen) atoms. The number of thiol groups is 2. The maximum atomic E-state index is 10.6. The molecule has 0 bridgehead atoms. The number of carbonyl (C=O) groups excluding carboxylic acids is 1. The summed E-state index contributed by atoms with van der Waals surface area (Å²) in [6.07, 6.45) is 0. The summed E-state index contributed by atoms with van der Waals surface area (Å²) in [5, 5.41) is 0. The fourth-order valence-electron chi connectivity index (χ4n) is 0.253. The Balaban J connectivity index is 0. The van der Waals surface area contributed by atoms with Crippen LogP contribution in [0.1, 0.15) is 34.6 Å². The smallest absolute Gasteiger partial charge is 0.136 e. The van der Waals surface area contributed by atoms with Gasteiger partial charge < -0.3 is 4.90 Å². The van der Waals surface area contributed by atoms with Gasteiger partial charge in [0.25, 0.3) is 0 Å². The van der Waals surface area contributed by atoms with Crippen LogP contribution < -0.4 is 0 Å². The highest BCUT2D eigenvalue weighted by Crippen LogP contribution is 2.16. The van der Waals surface area contributed by atoms with Crippen LogP contribution in [0.15, 0.2) is 0 Å². The van der Waals surface area contributed by atoms with Crippen LogP contribution in [0.5, 0.6) is 0 Å². The van der Waals surface area contributed by atoms with E-state index in [0.29, 0.717) is 5.75 Å². The van der Waals surface area contributed by atoms with Crippen molar-refractivity contribution in [2.75, 3.05) is 25.6 Å². The van der Waals surface area contributed by atoms with Gasteiger partial charge in [-0.15, -0.1) is 0 Å². The molecule has 0 aromatic carbocycles. The molecule has 0 saturated heterocycles. The molecule has 0 spiro atoms. The minimum absolute atomic E-state index is 0.201. The van der Waals surface area contributed by atoms with Crippen molar-refractivity contribution in [3.05, 3.63) is 0 Å². The summed E-state index contributed by atoms with van der Waals surface area (Å²) in [5.41, 5.74) is 0.00617. The Morgan fingerprint density at radius 2 is 1.44 bits per heavy atom. The monoisotopic (exact) mass is 265 g/mol. The summed E-state index contributed by atoms with van der Waals surface area (Å²) in [7, 11) is 4.13. The second-order valence-electron chi connectivity index (χ2n) is 5.46. The average Bonchev–Trinajstić information content (AvgIpc) is 2.18. The summed E-state index contributed by atoms with van der Waals surface area (Å²) in [4.78, 5) is 12.8. The lowest BCUT2D eigenvalue weighted by Gasteiger charge is -2.30. The molecule has 0 fully saturated rings. The Kier molecular flexibility index (Phi) is 8.90. The van der Waals surface area contributed by atoms with E-state index in [1.54, 1.807) is 6.92 Å². The van der Waals surface area contributed by atoms with E-state index in [0.717, 1.165) is 5.75 Å². The van der Waals surface area contributed by atoms with Crippen molar-refractivity contribution in [2.45, 2.75) is 40.2 Å². The van der Waals surface area contributed by atoms with E-state index < -0.39 is 0 Å². The van der Waals surface area contributed by atoms with Gasteiger partial charge in [0.2, 0.25) is 0 Å². The fraction of sp³-hybridized carbons (Fsp3) is 0.917. The highest BCUT2D eigenvalue weighted by atomic mass is 32.1. The Hall–Kier alpha value is 0.330. The molecule has 0 aliphatic carbocycles. The summed E-state index contributed by atoms with van der Waals surface area (Å²) >= 11 is 8.22. The van der Waals surface area contributed by atoms with Crippen LogP contribution in [-0.4, -0.2) is 41.8 Å². The molecule has 0 aliphatic rings. The largest absolute Gasteiger partial charge is 0.303 e. The van der Waals surface area contributed by atoms with Crippen LogP contribution in [0, 0.1) is 5.41 Å². The van der Waals surface area contributed by atoms with Crippen molar-refractivity contribution in [1.29, 1.82) is 0 Å². The summed E-state index contributed by atoms with van der Waals surface area (Å²) < 4.78 is 0. The van der Waals surface area contributed by atoms with Crippen molar-refractivity contribution in [1.82, 2.24) is 4.90 Å². The van der Waals surface area contributed by atoms with Gasteiger partial charge in [-0.3, -0.25) is 4.79 Å². The van der Waals surface area contributed by atoms with Crippen molar-refractivity contribution >= 4 is 31.0 Å². The number of hydrogen-bond donors (Lipinski definition) is 2. The van der Waals surface area contributed by atoms with Gasteiger partial charge in [-0.05, 0) is 34.9 Å². The van der Waals surface area contributed by atoms with Crippen LogP contribution >= 0.6 is 25.3 Å². The Bertz CT molecular complexity index is 213. The van der Waals surface area contributed by atoms with Gasteiger partial charge in [0, 0.05) is 22.5 Å². The van der Waals surface area contributed by atoms with Gasteiger partial charge in [-0.2, -0.15) is 25.3 Å². The molecular formula is C12H27NOS2. The maximum Gasteiger partial charge on any atom is 0.136 e. The zero-order valence-electron chi connectivity index (χ0n) is 11.7. The number of Topliss-reactive ketones (excluding diaryl/α,β-unsaturated/α-hetero) is 1. The zero-order valence-corrected chi connectivity index (χ0v) is 13.5. The second kappa shape index (κ2) is 7.62. The molecule has 0 saturated carbocycles. The minimum Gasteiger partial charge on any atom is -0.303 e. The first kappa shape index (κ1) is 18.7. The van der Waals surface area contributed by atoms with Gasteiger partial charge in [-0.25, -0.2) is 0 Å². The van der Waals surface area contributed by atoms with E-state index in [4.69, 9.17) is 0 Å². The van der Waals surface area contributed by atoms with Crippen LogP contribution in [0.2, 0.25) is 0 Å². The van der Waals surface area contributed by atoms with Crippen LogP contribution in [0.4, 0.5) is 0 Å². The standard InChI is InChI=1S/C6H15NS.C6H12OS/c1-6(2,5-8)7(3)4;1-5(7)6(2,3)4-8/h8H,5H2,1-4H3;8H,4H2,1-3H3. The summed E-state index contributed by atoms with van der Waals surface area (Å²) in [6.45, 7) is 9.71. The van der Waals surface area contributed by atoms with Gasteiger partial charge in [0.1, 0.15) is 5.78 Å². The quantitative estimate of drug-likeness (QED) is 0.762. The van der Waals surface area contributed by atoms with Gasteiger partial charge in [0.05, 0.1) is 0 Å². The van der Waals surface area contributed by atoms with Crippen molar-refractivity contribution in [2.24, 2.45) is 5.41 Å². The molecule has 0 radical (unpaired) electrons. The first-order chi connectivity index (χ1) is 7.01. The van der Waals surface area contributed by atoms with Gasteiger partial charge in [-0.1, -0.05) is 13.8 Å². The number of hydrogen-bond acceptors (Lipinski definition) is 4. The first-order valence-corrected chi connectivity index (χ1v) is 6.68. The van der Waals surface area contributed by atoms with E-state index in [9.17, 15) is 4.79 Å². The number of carbonyl (C=O) groups is 1. The van der Waals surface area contributed by atoms with Crippen molar-refractivity contribution in [3.8, 4) is 0 Å². The average molecular weight is 265 g/mol. The van der Waals surface area contributed by atoms with Crippen molar-refractivity contribution in [3.63, 3.8) is 0 Å². The molecule has 0 N–H and O–H groups in total. The predicted molar refractivity (Wildman–Crippen MR) is 79.9 cm³/mol. The molecule has 98 valence electrons. The molecule has 0 amide bonds. The lowest BCUT2D eigenvalue weighted by atomic mass is 9.92. The van der Waals surface area contributed by atoms with Crippen molar-refractivity contribution < 1.29 is 4.79 Å². The number of ketones is 1. The third-order valence-electron chi connectivity index (χ3n) is 2.95. The van der Waals surface area contributed by atoms with Gasteiger partial charge in [0.15, 0.2) is 0 Å². The van der Waals surface area contributed by atoms with E-state index in [1.165, 1.54) is 0 Å². The number of nitrogens with zero attached hydrogens (tertiary/aromatic N) is 1. The Morgan fingerprint density at radius 1 is 1.06 bits per heavy atom. The summed E-state index contributed by atoms with van der Waals surface area (Å²) in [5.74, 6) is 1.73. The molecule has 0 heterocycles. The Morgan fingerprint density at radius 3 is 1.44 bits per heavy atom. The molecule has 0 aromatic heterocycles. The summed E-state index contributed by atoms with van der Waals surface area (Å²) in [6, 6.07) is 0. The van der Waals surface area contributed by atoms with E-state index in [-0.39, 0.29) is 16.7 Å². The van der Waals surface area contributed by atoms with E-state index in [2.05, 4.69) is 58.1 Å². The SMILES string of the molecule is CC(=O)C(C)(C)CS.CN(C)C(C)(C)CS. The fourth-order valence-corrected chi connectivity index (χ4v) is 0.758. The van der Waals surface area contributed by atoms with Crippen LogP contribution in [0.25, 0.3) is 0 Å². The molecule has 0 atom stereocenters. The van der Waals surface area contributed by atoms with Crippen LogP contribution in [-0.2, 0) is 4.79 Å². The zero-order chi connectivity index (χ0) is 13.6. The lowest BCUT2D eigenvalue weighted by molar-refractivity contribution is -0.123. The normalized spacial score (nSPS) is 12.1. The molecule has 0 aromatic rings. The molecule has 0 unspecified atom stereocenters. The first-order valence-electron chi connectivity index (χ1n) is 5.41. The highest BCUT2D eigenvalue weighted by molar-refractivity contribution is 7.80. The number of rotatable bonds is 4. The third-order valence-corrected chi connectivity index (χ3v) is 4.51. The van der Waals surface area contributed by atoms with Crippen LogP contribution in [0.3, 0.4) is 0 Å². The molecular weight excluding hydrogens is 238 g/mol. The minimum atomic E-state index is -0.233. The lowest BCUT2D eigenvalue weighted by Crippen LogP contribution is -2.39. The highest BCUT2D eigenvalue weighted by Gasteiger charge is 2.20. The predicted octanol–water partition coefficient (Wildman–Crippen LogP) is 2.79. The molecule has 4 heteroatoms. The maximum absolute atomic E-state index is 10.6. The topological polar surface area (TPSA) is 20.3 Å². The molecule has 0 rings (SSSR count). The molecule has 0 aliphatic heterocycles. The third kappa shape index (κ3) is 7.58. The second-order valence-corrected chi connectivity index (χ2v) is 6.10. The van der Waals surface area contributed by atoms with Gasteiger partial charge >= 0.3 is 0 Å².